The van der Waals surface area contributed by atoms with E-state index < -0.39 is 46.9 Å². The van der Waals surface area contributed by atoms with Gasteiger partial charge >= 0.3 is 11.9 Å². The van der Waals surface area contributed by atoms with Crippen LogP contribution in [0, 0.1) is 25.2 Å². The van der Waals surface area contributed by atoms with Gasteiger partial charge in [-0.15, -0.1) is 11.8 Å². The van der Waals surface area contributed by atoms with Crippen LogP contribution >= 0.6 is 11.8 Å². The van der Waals surface area contributed by atoms with E-state index in [1.54, 1.807) is 12.1 Å². The van der Waals surface area contributed by atoms with Gasteiger partial charge in [0.15, 0.2) is 40.0 Å². The lowest BCUT2D eigenvalue weighted by molar-refractivity contribution is -0.157. The van der Waals surface area contributed by atoms with Crippen LogP contribution in [-0.4, -0.2) is 97.0 Å². The van der Waals surface area contributed by atoms with Crippen LogP contribution < -0.4 is 29.0 Å². The number of aromatic hydroxyl groups is 2. The number of nitrogens with one attached hydrogen (secondary N) is 1. The molecule has 0 saturated carbocycles. The number of phenolic OH excluding ortho intramolecular Hbond substituents is 2. The number of nitrogens with zero attached hydrogens (tertiary/aromatic N) is 3. The predicted molar refractivity (Wildman–Crippen MR) is 198 cm³/mol. The van der Waals surface area contributed by atoms with Gasteiger partial charge in [-0.1, -0.05) is 6.07 Å². The number of fused-ring (bicyclic) bond motifs is 9. The molecule has 3 aromatic carbocycles. The summed E-state index contributed by atoms with van der Waals surface area (Å²) in [5.74, 6) is 0.973. The Morgan fingerprint density at radius 1 is 1.05 bits per heavy atom. The molecule has 0 unspecified atom stereocenters. The molecule has 14 nitrogen and oxygen atoms in total. The minimum atomic E-state index is -1.36. The molecule has 2 saturated heterocycles. The van der Waals surface area contributed by atoms with Gasteiger partial charge in [-0.25, -0.2) is 4.79 Å². The Morgan fingerprint density at radius 2 is 1.84 bits per heavy atom. The normalized spacial score (nSPS) is 28.9. The zero-order valence-corrected chi connectivity index (χ0v) is 32.2. The van der Waals surface area contributed by atoms with E-state index in [-0.39, 0.29) is 42.4 Å². The average molecular weight is 771 g/mol. The Bertz CT molecular complexity index is 2220. The molecule has 0 aliphatic carbocycles. The smallest absolute Gasteiger partial charge is 0.331 e. The van der Waals surface area contributed by atoms with Gasteiger partial charge in [-0.05, 0) is 68.1 Å². The second-order valence-corrected chi connectivity index (χ2v) is 16.2. The lowest BCUT2D eigenvalue weighted by Gasteiger charge is -2.62. The summed E-state index contributed by atoms with van der Waals surface area (Å²) < 4.78 is 36.1. The molecular formula is C40H42N4O10S. The fourth-order valence-corrected chi connectivity index (χ4v) is 11.9. The number of hydrogen-bond acceptors (Lipinski definition) is 15. The quantitative estimate of drug-likeness (QED) is 0.258. The monoisotopic (exact) mass is 770 g/mol. The number of nitriles is 1. The van der Waals surface area contributed by atoms with Crippen LogP contribution in [0.2, 0.25) is 0 Å². The Balaban J connectivity index is 1.33. The molecule has 7 aliphatic heterocycles. The van der Waals surface area contributed by atoms with Crippen molar-refractivity contribution in [2.45, 2.75) is 74.6 Å². The van der Waals surface area contributed by atoms with Crippen molar-refractivity contribution in [1.82, 2.24) is 15.1 Å². The van der Waals surface area contributed by atoms with Crippen LogP contribution in [0.5, 0.6) is 40.2 Å². The number of ether oxygens (including phenoxy) is 6. The first kappa shape index (κ1) is 35.8. The number of hydrogen-bond donors (Lipinski definition) is 3. The number of esters is 2. The molecule has 10 rings (SSSR count). The fraction of sp³-hybridized carbons (Fsp3) is 0.475. The highest BCUT2D eigenvalue weighted by Crippen LogP contribution is 2.64. The molecule has 0 aromatic heterocycles. The van der Waals surface area contributed by atoms with E-state index in [9.17, 15) is 25.1 Å². The molecule has 4 bridgehead atoms. The van der Waals surface area contributed by atoms with Gasteiger partial charge in [0, 0.05) is 53.6 Å². The highest BCUT2D eigenvalue weighted by atomic mass is 32.2. The molecule has 3 aromatic rings. The molecule has 1 spiro atoms. The van der Waals surface area contributed by atoms with E-state index in [1.807, 2.05) is 27.0 Å². The van der Waals surface area contributed by atoms with Crippen molar-refractivity contribution in [2.24, 2.45) is 0 Å². The summed E-state index contributed by atoms with van der Waals surface area (Å²) in [5.41, 5.74) is 4.41. The maximum atomic E-state index is 14.7. The molecule has 0 radical (unpaired) electrons. The van der Waals surface area contributed by atoms with Crippen molar-refractivity contribution < 1.29 is 48.2 Å². The van der Waals surface area contributed by atoms with Crippen LogP contribution in [0.3, 0.4) is 0 Å². The largest absolute Gasteiger partial charge is 0.504 e. The van der Waals surface area contributed by atoms with Crippen LogP contribution in [0.4, 0.5) is 0 Å². The molecule has 7 atom stereocenters. The first-order valence-electron chi connectivity index (χ1n) is 18.3. The lowest BCUT2D eigenvalue weighted by Crippen LogP contribution is -2.69. The minimum Gasteiger partial charge on any atom is -0.504 e. The van der Waals surface area contributed by atoms with E-state index in [2.05, 4.69) is 21.2 Å². The van der Waals surface area contributed by atoms with Gasteiger partial charge in [0.25, 0.3) is 0 Å². The lowest BCUT2D eigenvalue weighted by atomic mass is 9.71. The zero-order valence-electron chi connectivity index (χ0n) is 31.3. The van der Waals surface area contributed by atoms with Crippen molar-refractivity contribution in [3.05, 3.63) is 62.7 Å². The first-order chi connectivity index (χ1) is 26.4. The van der Waals surface area contributed by atoms with Crippen LogP contribution in [0.15, 0.2) is 18.2 Å². The number of benzene rings is 3. The summed E-state index contributed by atoms with van der Waals surface area (Å²) in [6, 6.07) is 5.28. The number of methoxy groups -OCH3 is 2. The average Bonchev–Trinajstić information content (AvgIpc) is 3.65. The number of carbonyl (C=O) groups is 2. The highest BCUT2D eigenvalue weighted by molar-refractivity contribution is 7.99. The third-order valence-electron chi connectivity index (χ3n) is 12.4. The van der Waals surface area contributed by atoms with E-state index in [4.69, 9.17) is 28.4 Å². The maximum absolute atomic E-state index is 14.7. The number of phenols is 2. The Labute approximate surface area is 322 Å². The molecular weight excluding hydrogens is 729 g/mol. The van der Waals surface area contributed by atoms with Crippen molar-refractivity contribution in [3.8, 4) is 46.3 Å². The third kappa shape index (κ3) is 4.90. The first-order valence-corrected chi connectivity index (χ1v) is 19.4. The number of rotatable bonds is 3. The Morgan fingerprint density at radius 3 is 2.56 bits per heavy atom. The number of likely N-dealkylation sites (N-methyl/N-ethyl adjacent to an activating group) is 1. The van der Waals surface area contributed by atoms with Crippen LogP contribution in [-0.2, 0) is 32.7 Å². The topological polar surface area (TPSA) is 172 Å². The molecule has 7 aliphatic rings. The van der Waals surface area contributed by atoms with E-state index in [1.165, 1.54) is 32.9 Å². The Kier molecular flexibility index (Phi) is 8.36. The standard InChI is InChI=1S/C40H42N4O10S/c1-17-9-21-10-23-24(13-41)44-25-14-51-39(48)40(22-12-27(49-5)26(46)11-20(22)7-8-42-40)15-55-38(32(44)31(43(23)4)28(21)33(47)34(17)50-6)30-29(25)37-36(52-16-53-37)18(2)35(30)54-19(3)45/h9,11-12,23-25,31-32,38,42,46-47H,7-8,10,14-16H2,1-6H3/t23-,24+,25+,31-,32-,38+,40-/m1/s1. The van der Waals surface area contributed by atoms with Gasteiger partial charge in [0.1, 0.15) is 18.4 Å². The minimum absolute atomic E-state index is 0.0239. The molecule has 3 N–H and O–H groups in total. The molecule has 288 valence electrons. The number of piperazine rings is 1. The summed E-state index contributed by atoms with van der Waals surface area (Å²) >= 11 is 1.48. The van der Waals surface area contributed by atoms with Crippen molar-refractivity contribution in [1.29, 1.82) is 5.26 Å². The highest BCUT2D eigenvalue weighted by Gasteiger charge is 2.62. The number of aryl methyl sites for hydroxylation is 1. The number of thioether (sulfide) groups is 1. The zero-order chi connectivity index (χ0) is 38.7. The van der Waals surface area contributed by atoms with Crippen molar-refractivity contribution in [2.75, 3.05) is 47.0 Å². The van der Waals surface area contributed by atoms with Gasteiger partial charge in [0.2, 0.25) is 6.79 Å². The van der Waals surface area contributed by atoms with Crippen molar-refractivity contribution >= 4 is 23.7 Å². The van der Waals surface area contributed by atoms with E-state index in [0.29, 0.717) is 70.2 Å². The van der Waals surface area contributed by atoms with Gasteiger partial charge in [-0.3, -0.25) is 19.9 Å². The second kappa shape index (κ2) is 12.8. The predicted octanol–water partition coefficient (Wildman–Crippen LogP) is 3.99. The van der Waals surface area contributed by atoms with Crippen LogP contribution in [0.25, 0.3) is 0 Å². The van der Waals surface area contributed by atoms with E-state index >= 15 is 0 Å². The maximum Gasteiger partial charge on any atom is 0.331 e. The summed E-state index contributed by atoms with van der Waals surface area (Å²) in [6.07, 6.45) is 1.05. The molecule has 0 amide bonds. The van der Waals surface area contributed by atoms with Gasteiger partial charge < -0.3 is 38.6 Å². The van der Waals surface area contributed by atoms with Gasteiger partial charge in [0.05, 0.1) is 37.6 Å². The Hall–Kier alpha value is -4.88. The summed E-state index contributed by atoms with van der Waals surface area (Å²) in [5, 5.41) is 36.9. The molecule has 55 heavy (non-hydrogen) atoms. The summed E-state index contributed by atoms with van der Waals surface area (Å²) in [7, 11) is 4.99. The van der Waals surface area contributed by atoms with E-state index in [0.717, 1.165) is 16.7 Å². The molecule has 7 heterocycles. The molecule has 15 heteroatoms. The molecule has 2 fully saturated rings. The SMILES string of the molecule is COc1cc2c(cc1O)CCN[C@]21CS[C@H]2c3c(OC(C)=O)c(C)c4c(c3[C@H](COC1=O)N1[C@@H]2[C@H]2c3c(cc(C)c(OC)c3O)C[C@H]([C@@H]1C#N)N2C)OCO4. The van der Waals surface area contributed by atoms with Crippen LogP contribution in [0.1, 0.15) is 68.8 Å². The van der Waals surface area contributed by atoms with Crippen molar-refractivity contribution in [3.63, 3.8) is 0 Å². The summed E-state index contributed by atoms with van der Waals surface area (Å²) in [4.78, 5) is 32.0. The number of carbonyl (C=O) groups excluding carboxylic acids is 2. The third-order valence-corrected chi connectivity index (χ3v) is 13.9. The fourth-order valence-electron chi connectivity index (χ4n) is 10.2. The van der Waals surface area contributed by atoms with Gasteiger partial charge in [-0.2, -0.15) is 5.26 Å². The summed E-state index contributed by atoms with van der Waals surface area (Å²) in [6.45, 7) is 5.28. The second-order valence-electron chi connectivity index (χ2n) is 15.1.